The number of aliphatic hydroxyl groups excluding tert-OH is 1. The van der Waals surface area contributed by atoms with Crippen molar-refractivity contribution < 1.29 is 80.2 Å². The Morgan fingerprint density at radius 2 is 0.548 bits per heavy atom. The van der Waals surface area contributed by atoms with Crippen LogP contribution in [0, 0.1) is 11.8 Å². The van der Waals surface area contributed by atoms with E-state index in [9.17, 15) is 43.2 Å². The van der Waals surface area contributed by atoms with Crippen molar-refractivity contribution in [3.8, 4) is 0 Å². The molecule has 0 aliphatic rings. The summed E-state index contributed by atoms with van der Waals surface area (Å²) in [4.78, 5) is 72.2. The smallest absolute Gasteiger partial charge is 0.462 e. The quantitative estimate of drug-likeness (QED) is 0.0222. The predicted molar refractivity (Wildman–Crippen MR) is 335 cm³/mol. The number of esters is 4. The molecule has 0 saturated carbocycles. The standard InChI is InChI=1S/C65H126O17P2/c1-7-9-11-13-15-17-19-20-21-23-31-37-43-49-64(69)81-60(53-76-63(68)48-42-36-30-25-24-27-33-39-45-57(3)4)55-79-83(71,72)77-51-59(66)52-78-84(73,74)80-56-61(82-65(70)50-44-38-32-26-28-34-40-46-58(5)6)54-75-62(67)47-41-35-29-22-18-16-14-12-10-8-2/h57-61,66H,7-56H2,1-6H3,(H,71,72)(H,73,74)/t59-,60-,61-/m1/s1. The SMILES string of the molecule is CCCCCCCCCCCCCCCC(=O)O[C@H](COC(=O)CCCCCCCCCCC(C)C)COP(=O)(O)OC[C@@H](O)COP(=O)(O)OC[C@@H](COC(=O)CCCCCCCCCCCC)OC(=O)CCCCCCCCCC(C)C. The molecular weight excluding hydrogens is 1110 g/mol. The molecule has 0 saturated heterocycles. The first-order valence-corrected chi connectivity index (χ1v) is 37.0. The van der Waals surface area contributed by atoms with Crippen LogP contribution in [0.1, 0.15) is 324 Å². The fraction of sp³-hybridized carbons (Fsp3) is 0.938. The van der Waals surface area contributed by atoms with Crippen molar-refractivity contribution in [2.45, 2.75) is 342 Å². The summed E-state index contributed by atoms with van der Waals surface area (Å²) in [6.45, 7) is 9.40. The molecule has 0 rings (SSSR count). The Kier molecular flexibility index (Phi) is 56.2. The van der Waals surface area contributed by atoms with Gasteiger partial charge in [0.1, 0.15) is 19.3 Å². The second-order valence-electron chi connectivity index (χ2n) is 24.5. The molecule has 0 aromatic carbocycles. The fourth-order valence-corrected chi connectivity index (χ4v) is 11.3. The molecule has 5 atom stereocenters. The van der Waals surface area contributed by atoms with Crippen LogP contribution in [0.4, 0.5) is 0 Å². The first-order chi connectivity index (χ1) is 40.4. The summed E-state index contributed by atoms with van der Waals surface area (Å²) in [6, 6.07) is 0. The van der Waals surface area contributed by atoms with Crippen molar-refractivity contribution in [3.63, 3.8) is 0 Å². The molecule has 0 bridgehead atoms. The molecule has 0 aromatic heterocycles. The van der Waals surface area contributed by atoms with Gasteiger partial charge in [-0.25, -0.2) is 9.13 Å². The lowest BCUT2D eigenvalue weighted by Gasteiger charge is -2.21. The Labute approximate surface area is 511 Å². The van der Waals surface area contributed by atoms with Crippen LogP contribution in [0.25, 0.3) is 0 Å². The fourth-order valence-electron chi connectivity index (χ4n) is 9.71. The monoisotopic (exact) mass is 1240 g/mol. The zero-order valence-corrected chi connectivity index (χ0v) is 56.0. The number of phosphoric acid groups is 2. The van der Waals surface area contributed by atoms with Crippen molar-refractivity contribution >= 4 is 39.5 Å². The van der Waals surface area contributed by atoms with E-state index in [-0.39, 0.29) is 25.7 Å². The number of carbonyl (C=O) groups is 4. The summed E-state index contributed by atoms with van der Waals surface area (Å²) in [5.74, 6) is -0.711. The van der Waals surface area contributed by atoms with Gasteiger partial charge in [-0.15, -0.1) is 0 Å². The molecule has 0 amide bonds. The van der Waals surface area contributed by atoms with Gasteiger partial charge in [0.15, 0.2) is 12.2 Å². The predicted octanol–water partition coefficient (Wildman–Crippen LogP) is 18.0. The van der Waals surface area contributed by atoms with E-state index in [0.717, 1.165) is 95.8 Å². The minimum atomic E-state index is -4.94. The van der Waals surface area contributed by atoms with Crippen molar-refractivity contribution in [1.29, 1.82) is 0 Å². The highest BCUT2D eigenvalue weighted by atomic mass is 31.2. The van der Waals surface area contributed by atoms with Crippen LogP contribution in [0.15, 0.2) is 0 Å². The first-order valence-electron chi connectivity index (χ1n) is 34.0. The minimum absolute atomic E-state index is 0.103. The minimum Gasteiger partial charge on any atom is -0.462 e. The second kappa shape index (κ2) is 57.5. The van der Waals surface area contributed by atoms with Gasteiger partial charge in [-0.3, -0.25) is 37.3 Å². The summed E-state index contributed by atoms with van der Waals surface area (Å²) in [6.07, 6.45) is 40.3. The van der Waals surface area contributed by atoms with Gasteiger partial charge in [0.2, 0.25) is 0 Å². The lowest BCUT2D eigenvalue weighted by atomic mass is 10.0. The van der Waals surface area contributed by atoms with Gasteiger partial charge < -0.3 is 33.8 Å². The Bertz CT molecular complexity index is 1650. The van der Waals surface area contributed by atoms with Gasteiger partial charge in [0, 0.05) is 25.7 Å². The van der Waals surface area contributed by atoms with Crippen molar-refractivity contribution in [2.24, 2.45) is 11.8 Å². The highest BCUT2D eigenvalue weighted by Crippen LogP contribution is 2.45. The van der Waals surface area contributed by atoms with E-state index in [0.29, 0.717) is 31.6 Å². The van der Waals surface area contributed by atoms with Gasteiger partial charge in [-0.1, -0.05) is 273 Å². The number of aliphatic hydroxyl groups is 1. The topological polar surface area (TPSA) is 237 Å². The van der Waals surface area contributed by atoms with Gasteiger partial charge >= 0.3 is 39.5 Å². The molecule has 0 fully saturated rings. The van der Waals surface area contributed by atoms with Crippen molar-refractivity contribution in [3.05, 3.63) is 0 Å². The van der Waals surface area contributed by atoms with E-state index < -0.39 is 97.5 Å². The van der Waals surface area contributed by atoms with Crippen LogP contribution in [-0.4, -0.2) is 96.7 Å². The van der Waals surface area contributed by atoms with Crippen LogP contribution in [0.5, 0.6) is 0 Å². The number of hydrogen-bond acceptors (Lipinski definition) is 15. The highest BCUT2D eigenvalue weighted by molar-refractivity contribution is 7.47. The third-order valence-electron chi connectivity index (χ3n) is 15.0. The summed E-state index contributed by atoms with van der Waals surface area (Å²) in [5.41, 5.74) is 0. The summed E-state index contributed by atoms with van der Waals surface area (Å²) in [7, 11) is -9.89. The van der Waals surface area contributed by atoms with Crippen molar-refractivity contribution in [1.82, 2.24) is 0 Å². The van der Waals surface area contributed by atoms with Crippen LogP contribution in [-0.2, 0) is 65.4 Å². The van der Waals surface area contributed by atoms with Crippen LogP contribution in [0.3, 0.4) is 0 Å². The van der Waals surface area contributed by atoms with Crippen LogP contribution < -0.4 is 0 Å². The highest BCUT2D eigenvalue weighted by Gasteiger charge is 2.30. The lowest BCUT2D eigenvalue weighted by Crippen LogP contribution is -2.30. The maximum absolute atomic E-state index is 13.0. The van der Waals surface area contributed by atoms with E-state index in [1.807, 2.05) is 0 Å². The molecule has 0 spiro atoms. The third kappa shape index (κ3) is 59.0. The average molecular weight is 1240 g/mol. The number of carbonyl (C=O) groups excluding carboxylic acids is 4. The Morgan fingerprint density at radius 3 is 0.810 bits per heavy atom. The molecule has 2 unspecified atom stereocenters. The molecule has 17 nitrogen and oxygen atoms in total. The van der Waals surface area contributed by atoms with E-state index in [2.05, 4.69) is 41.5 Å². The summed E-state index contributed by atoms with van der Waals surface area (Å²) >= 11 is 0. The number of ether oxygens (including phenoxy) is 4. The molecule has 0 heterocycles. The van der Waals surface area contributed by atoms with Gasteiger partial charge in [0.05, 0.1) is 26.4 Å². The summed E-state index contributed by atoms with van der Waals surface area (Å²) < 4.78 is 68.0. The molecule has 0 aliphatic heterocycles. The summed E-state index contributed by atoms with van der Waals surface area (Å²) in [5, 5.41) is 10.5. The molecule has 3 N–H and O–H groups in total. The Morgan fingerprint density at radius 1 is 0.321 bits per heavy atom. The largest absolute Gasteiger partial charge is 0.472 e. The van der Waals surface area contributed by atoms with Gasteiger partial charge in [0.25, 0.3) is 0 Å². The molecule has 498 valence electrons. The normalized spacial score (nSPS) is 14.3. The Hall–Kier alpha value is -1.94. The number of unbranched alkanes of at least 4 members (excludes halogenated alkanes) is 34. The number of phosphoric ester groups is 2. The van der Waals surface area contributed by atoms with Gasteiger partial charge in [-0.05, 0) is 37.5 Å². The van der Waals surface area contributed by atoms with E-state index in [1.165, 1.54) is 141 Å². The first kappa shape index (κ1) is 82.1. The number of hydrogen-bond donors (Lipinski definition) is 3. The zero-order chi connectivity index (χ0) is 62.2. The third-order valence-corrected chi connectivity index (χ3v) is 16.9. The maximum Gasteiger partial charge on any atom is 0.472 e. The molecule has 0 radical (unpaired) electrons. The molecule has 84 heavy (non-hydrogen) atoms. The molecule has 0 aromatic rings. The second-order valence-corrected chi connectivity index (χ2v) is 27.4. The zero-order valence-electron chi connectivity index (χ0n) is 54.2. The van der Waals surface area contributed by atoms with Gasteiger partial charge in [-0.2, -0.15) is 0 Å². The average Bonchev–Trinajstić information content (AvgIpc) is 3.48. The lowest BCUT2D eigenvalue weighted by molar-refractivity contribution is -0.161. The van der Waals surface area contributed by atoms with E-state index >= 15 is 0 Å². The molecule has 0 aliphatic carbocycles. The van der Waals surface area contributed by atoms with E-state index in [1.54, 1.807) is 0 Å². The number of rotatable bonds is 64. The van der Waals surface area contributed by atoms with E-state index in [4.69, 9.17) is 37.0 Å². The Balaban J connectivity index is 5.24. The van der Waals surface area contributed by atoms with Crippen molar-refractivity contribution in [2.75, 3.05) is 39.6 Å². The maximum atomic E-state index is 13.0. The van der Waals surface area contributed by atoms with Crippen LogP contribution in [0.2, 0.25) is 0 Å². The van der Waals surface area contributed by atoms with Crippen LogP contribution >= 0.6 is 15.6 Å². The molecular formula is C65H126O17P2. The molecule has 19 heteroatoms.